The number of nitrogens with zero attached hydrogens (tertiary/aromatic N) is 4. The number of nitrogens with two attached hydrogens (primary N) is 1. The van der Waals surface area contributed by atoms with Crippen molar-refractivity contribution < 1.29 is 4.74 Å². The van der Waals surface area contributed by atoms with Crippen LogP contribution >= 0.6 is 0 Å². The van der Waals surface area contributed by atoms with Gasteiger partial charge in [-0.05, 0) is 13.8 Å². The predicted molar refractivity (Wildman–Crippen MR) is 71.5 cm³/mol. The van der Waals surface area contributed by atoms with Crippen LogP contribution < -0.4 is 21.5 Å². The Morgan fingerprint density at radius 3 is 2.50 bits per heavy atom. The molecule has 1 rings (SSSR count). The monoisotopic (exact) mass is 255 g/mol. The van der Waals surface area contributed by atoms with Gasteiger partial charge in [0.15, 0.2) is 0 Å². The van der Waals surface area contributed by atoms with Crippen LogP contribution in [0.25, 0.3) is 0 Å². The van der Waals surface area contributed by atoms with Crippen molar-refractivity contribution in [2.75, 3.05) is 42.9 Å². The maximum atomic E-state index is 5.41. The predicted octanol–water partition coefficient (Wildman–Crippen LogP) is 0.0601. The molecular formula is C10H21N7O. The van der Waals surface area contributed by atoms with Gasteiger partial charge >= 0.3 is 0 Å². The minimum Gasteiger partial charge on any atom is -0.377 e. The molecule has 0 fully saturated rings. The summed E-state index contributed by atoms with van der Waals surface area (Å²) < 4.78 is 5.41. The first-order valence-electron chi connectivity index (χ1n) is 5.82. The number of hydrogen-bond donors (Lipinski definition) is 3. The van der Waals surface area contributed by atoms with Crippen molar-refractivity contribution in [3.63, 3.8) is 0 Å². The molecule has 1 unspecified atom stereocenters. The first kappa shape index (κ1) is 14.4. The molecule has 0 saturated carbocycles. The molecule has 1 aromatic heterocycles. The van der Waals surface area contributed by atoms with Crippen LogP contribution in [-0.2, 0) is 4.74 Å². The molecule has 0 amide bonds. The Kier molecular flexibility index (Phi) is 5.53. The van der Waals surface area contributed by atoms with E-state index in [9.17, 15) is 0 Å². The molecule has 8 heteroatoms. The Morgan fingerprint density at radius 1 is 1.28 bits per heavy atom. The zero-order valence-electron chi connectivity index (χ0n) is 11.3. The topological polar surface area (TPSA) is 101 Å². The van der Waals surface area contributed by atoms with Gasteiger partial charge in [-0.3, -0.25) is 5.43 Å². The van der Waals surface area contributed by atoms with E-state index in [0.717, 1.165) is 0 Å². The van der Waals surface area contributed by atoms with Gasteiger partial charge in [0.25, 0.3) is 0 Å². The summed E-state index contributed by atoms with van der Waals surface area (Å²) in [5.41, 5.74) is 2.42. The lowest BCUT2D eigenvalue weighted by Gasteiger charge is -2.15. The van der Waals surface area contributed by atoms with E-state index in [2.05, 4.69) is 25.7 Å². The van der Waals surface area contributed by atoms with Crippen molar-refractivity contribution in [2.45, 2.75) is 20.0 Å². The van der Waals surface area contributed by atoms with Crippen LogP contribution in [0, 0.1) is 0 Å². The second kappa shape index (κ2) is 6.92. The number of nitrogen functional groups attached to an aromatic ring is 1. The molecule has 1 heterocycles. The van der Waals surface area contributed by atoms with E-state index in [1.54, 1.807) is 4.90 Å². The molecular weight excluding hydrogens is 234 g/mol. The van der Waals surface area contributed by atoms with Crippen molar-refractivity contribution >= 4 is 17.8 Å². The molecule has 0 radical (unpaired) electrons. The van der Waals surface area contributed by atoms with Gasteiger partial charge in [0.05, 0.1) is 6.10 Å². The highest BCUT2D eigenvalue weighted by Gasteiger charge is 2.08. The average Bonchev–Trinajstić information content (AvgIpc) is 2.36. The summed E-state index contributed by atoms with van der Waals surface area (Å²) in [4.78, 5) is 14.3. The number of rotatable bonds is 7. The Bertz CT molecular complexity index is 371. The summed E-state index contributed by atoms with van der Waals surface area (Å²) in [6, 6.07) is 0. The van der Waals surface area contributed by atoms with Crippen molar-refractivity contribution in [3.8, 4) is 0 Å². The molecule has 0 aliphatic rings. The molecule has 1 atom stereocenters. The van der Waals surface area contributed by atoms with Crippen molar-refractivity contribution in [1.29, 1.82) is 0 Å². The second-order valence-corrected chi connectivity index (χ2v) is 3.97. The van der Waals surface area contributed by atoms with E-state index in [4.69, 9.17) is 10.6 Å². The number of anilines is 3. The fourth-order valence-electron chi connectivity index (χ4n) is 1.29. The van der Waals surface area contributed by atoms with E-state index in [1.165, 1.54) is 0 Å². The first-order valence-corrected chi connectivity index (χ1v) is 5.82. The van der Waals surface area contributed by atoms with Crippen LogP contribution in [0.2, 0.25) is 0 Å². The minimum absolute atomic E-state index is 0.0869. The normalized spacial score (nSPS) is 12.1. The minimum atomic E-state index is 0.0869. The molecule has 8 nitrogen and oxygen atoms in total. The van der Waals surface area contributed by atoms with E-state index < -0.39 is 0 Å². The number of aromatic nitrogens is 3. The lowest BCUT2D eigenvalue weighted by Crippen LogP contribution is -2.23. The third kappa shape index (κ3) is 4.30. The maximum Gasteiger partial charge on any atom is 0.243 e. The zero-order chi connectivity index (χ0) is 13.5. The van der Waals surface area contributed by atoms with Gasteiger partial charge in [-0.1, -0.05) is 0 Å². The molecule has 0 aliphatic heterocycles. The van der Waals surface area contributed by atoms with Gasteiger partial charge in [0.2, 0.25) is 17.8 Å². The maximum absolute atomic E-state index is 5.41. The van der Waals surface area contributed by atoms with Crippen molar-refractivity contribution in [2.24, 2.45) is 5.84 Å². The summed E-state index contributed by atoms with van der Waals surface area (Å²) >= 11 is 0. The Morgan fingerprint density at radius 2 is 1.94 bits per heavy atom. The highest BCUT2D eigenvalue weighted by Crippen LogP contribution is 2.10. The van der Waals surface area contributed by atoms with E-state index in [1.807, 2.05) is 27.9 Å². The molecule has 1 aromatic rings. The zero-order valence-corrected chi connectivity index (χ0v) is 11.3. The Balaban J connectivity index is 2.72. The van der Waals surface area contributed by atoms with E-state index in [-0.39, 0.29) is 6.10 Å². The van der Waals surface area contributed by atoms with Gasteiger partial charge in [0.1, 0.15) is 0 Å². The van der Waals surface area contributed by atoms with Gasteiger partial charge in [-0.15, -0.1) is 0 Å². The van der Waals surface area contributed by atoms with Gasteiger partial charge in [-0.2, -0.15) is 15.0 Å². The molecule has 0 spiro atoms. The van der Waals surface area contributed by atoms with Gasteiger partial charge < -0.3 is 15.0 Å². The molecule has 0 aliphatic carbocycles. The lowest BCUT2D eigenvalue weighted by molar-refractivity contribution is 0.0854. The molecule has 0 aromatic carbocycles. The summed E-state index contributed by atoms with van der Waals surface area (Å²) in [5, 5.41) is 3.09. The molecule has 102 valence electrons. The number of ether oxygens (including phenoxy) is 1. The molecule has 18 heavy (non-hydrogen) atoms. The summed E-state index contributed by atoms with van der Waals surface area (Å²) in [5.74, 6) is 6.64. The van der Waals surface area contributed by atoms with Crippen molar-refractivity contribution in [1.82, 2.24) is 15.0 Å². The van der Waals surface area contributed by atoms with Crippen LogP contribution in [0.3, 0.4) is 0 Å². The molecule has 4 N–H and O–H groups in total. The van der Waals surface area contributed by atoms with Gasteiger partial charge in [0, 0.05) is 27.2 Å². The highest BCUT2D eigenvalue weighted by atomic mass is 16.5. The average molecular weight is 255 g/mol. The van der Waals surface area contributed by atoms with E-state index in [0.29, 0.717) is 31.0 Å². The van der Waals surface area contributed by atoms with Crippen LogP contribution in [0.4, 0.5) is 17.8 Å². The van der Waals surface area contributed by atoms with Crippen molar-refractivity contribution in [3.05, 3.63) is 0 Å². The summed E-state index contributed by atoms with van der Waals surface area (Å²) in [7, 11) is 3.70. The fraction of sp³-hybridized carbons (Fsp3) is 0.700. The lowest BCUT2D eigenvalue weighted by atomic mass is 10.4. The smallest absolute Gasteiger partial charge is 0.243 e. The number of nitrogens with one attached hydrogen (secondary N) is 2. The largest absolute Gasteiger partial charge is 0.377 e. The summed E-state index contributed by atoms with van der Waals surface area (Å²) in [6.45, 7) is 5.24. The Labute approximate surface area is 107 Å². The second-order valence-electron chi connectivity index (χ2n) is 3.97. The number of hydrazine groups is 1. The third-order valence-corrected chi connectivity index (χ3v) is 2.15. The standard InChI is InChI=1S/C10H21N7O/c1-5-18-7(2)6-12-8-13-9(16-11)15-10(14-8)17(3)4/h7H,5-6,11H2,1-4H3,(H2,12,13,14,15,16). The van der Waals surface area contributed by atoms with Gasteiger partial charge in [-0.25, -0.2) is 5.84 Å². The quantitative estimate of drug-likeness (QED) is 0.464. The molecule has 0 saturated heterocycles. The highest BCUT2D eigenvalue weighted by molar-refractivity contribution is 5.42. The van der Waals surface area contributed by atoms with E-state index >= 15 is 0 Å². The van der Waals surface area contributed by atoms with Crippen LogP contribution in [-0.4, -0.2) is 48.3 Å². The summed E-state index contributed by atoms with van der Waals surface area (Å²) in [6.07, 6.45) is 0.0869. The van der Waals surface area contributed by atoms with Crippen LogP contribution in [0.5, 0.6) is 0 Å². The van der Waals surface area contributed by atoms with Crippen LogP contribution in [0.1, 0.15) is 13.8 Å². The third-order valence-electron chi connectivity index (χ3n) is 2.15. The first-order chi connectivity index (χ1) is 8.56. The fourth-order valence-corrected chi connectivity index (χ4v) is 1.29. The SMILES string of the molecule is CCOC(C)CNc1nc(NN)nc(N(C)C)n1. The van der Waals surface area contributed by atoms with Crippen LogP contribution in [0.15, 0.2) is 0 Å². The number of hydrogen-bond acceptors (Lipinski definition) is 8. The Hall–Kier alpha value is -1.67. The molecule has 0 bridgehead atoms.